The largest absolute Gasteiger partial charge is 0.416 e. The van der Waals surface area contributed by atoms with Gasteiger partial charge in [-0.15, -0.1) is 0 Å². The molecule has 1 aromatic carbocycles. The van der Waals surface area contributed by atoms with Crippen molar-refractivity contribution in [3.63, 3.8) is 0 Å². The van der Waals surface area contributed by atoms with E-state index in [0.717, 1.165) is 24.3 Å². The first-order valence-corrected chi connectivity index (χ1v) is 8.79. The van der Waals surface area contributed by atoms with E-state index in [-0.39, 0.29) is 30.2 Å². The Morgan fingerprint density at radius 3 is 2.25 bits per heavy atom. The Hall–Kier alpha value is -2.62. The van der Waals surface area contributed by atoms with Crippen molar-refractivity contribution < 1.29 is 32.3 Å². The molecular weight excluding hydrogens is 379 g/mol. The molecule has 2 rings (SSSR count). The van der Waals surface area contributed by atoms with Crippen LogP contribution in [0.15, 0.2) is 24.3 Å². The number of ether oxygens (including phenoxy) is 1. The maximum Gasteiger partial charge on any atom is 0.416 e. The summed E-state index contributed by atoms with van der Waals surface area (Å²) in [5.74, 6) is -1.53. The van der Waals surface area contributed by atoms with Crippen LogP contribution in [0.3, 0.4) is 0 Å². The van der Waals surface area contributed by atoms with Crippen molar-refractivity contribution in [2.75, 3.05) is 26.3 Å². The number of nitrogens with zero attached hydrogens (tertiary/aromatic N) is 1. The molecule has 7 nitrogen and oxygen atoms in total. The molecule has 1 aromatic rings. The molecule has 0 aromatic heterocycles. The summed E-state index contributed by atoms with van der Waals surface area (Å²) >= 11 is 0. The Labute approximate surface area is 160 Å². The van der Waals surface area contributed by atoms with E-state index in [1.807, 2.05) is 0 Å². The van der Waals surface area contributed by atoms with Gasteiger partial charge in [0, 0.05) is 31.5 Å². The highest BCUT2D eigenvalue weighted by Crippen LogP contribution is 2.29. The number of nitrogens with one attached hydrogen (secondary N) is 2. The lowest BCUT2D eigenvalue weighted by Gasteiger charge is -2.27. The number of benzene rings is 1. The number of hydrogen-bond acceptors (Lipinski definition) is 4. The molecule has 3 amide bonds. The first-order chi connectivity index (χ1) is 13.2. The Morgan fingerprint density at radius 2 is 1.68 bits per heavy atom. The van der Waals surface area contributed by atoms with Crippen LogP contribution in [-0.4, -0.2) is 48.9 Å². The molecule has 1 aliphatic rings. The first kappa shape index (κ1) is 21.7. The van der Waals surface area contributed by atoms with E-state index in [9.17, 15) is 27.6 Å². The molecule has 2 N–H and O–H groups in total. The molecule has 1 fully saturated rings. The summed E-state index contributed by atoms with van der Waals surface area (Å²) < 4.78 is 42.7. The molecule has 154 valence electrons. The topological polar surface area (TPSA) is 87.7 Å². The zero-order chi connectivity index (χ0) is 20.7. The van der Waals surface area contributed by atoms with Gasteiger partial charge in [-0.05, 0) is 30.2 Å². The molecule has 0 saturated carbocycles. The highest BCUT2D eigenvalue weighted by molar-refractivity contribution is 5.95. The molecule has 0 spiro atoms. The van der Waals surface area contributed by atoms with Gasteiger partial charge < -0.3 is 9.64 Å². The fourth-order valence-electron chi connectivity index (χ4n) is 2.69. The lowest BCUT2D eigenvalue weighted by molar-refractivity contribution is -0.138. The summed E-state index contributed by atoms with van der Waals surface area (Å²) in [4.78, 5) is 37.6. The molecule has 0 aliphatic carbocycles. The summed E-state index contributed by atoms with van der Waals surface area (Å²) in [5, 5.41) is 0. The molecule has 0 radical (unpaired) electrons. The van der Waals surface area contributed by atoms with Crippen LogP contribution in [0.4, 0.5) is 13.2 Å². The van der Waals surface area contributed by atoms with E-state index in [4.69, 9.17) is 4.74 Å². The van der Waals surface area contributed by atoms with Gasteiger partial charge in [0.25, 0.3) is 5.91 Å². The third-order valence-corrected chi connectivity index (χ3v) is 4.21. The van der Waals surface area contributed by atoms with Crippen molar-refractivity contribution in [1.82, 2.24) is 15.8 Å². The smallest absolute Gasteiger partial charge is 0.378 e. The molecule has 1 saturated heterocycles. The average Bonchev–Trinajstić information content (AvgIpc) is 2.66. The monoisotopic (exact) mass is 401 g/mol. The van der Waals surface area contributed by atoms with E-state index in [1.54, 1.807) is 11.8 Å². The van der Waals surface area contributed by atoms with Crippen LogP contribution in [0.5, 0.6) is 0 Å². The Balaban J connectivity index is 1.75. The molecule has 10 heteroatoms. The molecule has 1 unspecified atom stereocenters. The number of rotatable bonds is 5. The van der Waals surface area contributed by atoms with Crippen LogP contribution >= 0.6 is 0 Å². The second-order valence-electron chi connectivity index (χ2n) is 6.58. The van der Waals surface area contributed by atoms with Crippen molar-refractivity contribution in [3.8, 4) is 0 Å². The van der Waals surface area contributed by atoms with Gasteiger partial charge in [0.05, 0.1) is 18.8 Å². The average molecular weight is 401 g/mol. The Kier molecular flexibility index (Phi) is 7.38. The quantitative estimate of drug-likeness (QED) is 0.736. The van der Waals surface area contributed by atoms with Gasteiger partial charge in [-0.2, -0.15) is 13.2 Å². The molecule has 1 aliphatic heterocycles. The van der Waals surface area contributed by atoms with Crippen LogP contribution in [0.2, 0.25) is 0 Å². The standard InChI is InChI=1S/C18H22F3N3O4/c1-12(11-16(26)24-6-8-28-9-7-24)10-15(25)22-23-17(27)13-2-4-14(5-3-13)18(19,20)21/h2-5,12H,6-11H2,1H3,(H,22,25)(H,23,27). The normalized spacial score (nSPS) is 15.6. The summed E-state index contributed by atoms with van der Waals surface area (Å²) in [6.07, 6.45) is -4.28. The van der Waals surface area contributed by atoms with Gasteiger partial charge in [-0.25, -0.2) is 0 Å². The fourth-order valence-corrected chi connectivity index (χ4v) is 2.69. The number of carbonyl (C=O) groups is 3. The lowest BCUT2D eigenvalue weighted by atomic mass is 10.0. The van der Waals surface area contributed by atoms with Crippen molar-refractivity contribution in [2.24, 2.45) is 5.92 Å². The van der Waals surface area contributed by atoms with Crippen LogP contribution in [0.25, 0.3) is 0 Å². The fraction of sp³-hybridized carbons (Fsp3) is 0.500. The molecule has 28 heavy (non-hydrogen) atoms. The predicted molar refractivity (Wildman–Crippen MR) is 92.8 cm³/mol. The number of carbonyl (C=O) groups excluding carboxylic acids is 3. The SMILES string of the molecule is CC(CC(=O)NNC(=O)c1ccc(C(F)(F)F)cc1)CC(=O)N1CCOCC1. The summed E-state index contributed by atoms with van der Waals surface area (Å²) in [7, 11) is 0. The third-order valence-electron chi connectivity index (χ3n) is 4.21. The molecular formula is C18H22F3N3O4. The number of amides is 3. The zero-order valence-electron chi connectivity index (χ0n) is 15.3. The van der Waals surface area contributed by atoms with Gasteiger partial charge in [-0.3, -0.25) is 25.2 Å². The minimum atomic E-state index is -4.49. The maximum atomic E-state index is 12.5. The van der Waals surface area contributed by atoms with Crippen LogP contribution < -0.4 is 10.9 Å². The second kappa shape index (κ2) is 9.54. The predicted octanol–water partition coefficient (Wildman–Crippen LogP) is 1.74. The number of morpholine rings is 1. The van der Waals surface area contributed by atoms with Gasteiger partial charge >= 0.3 is 6.18 Å². The van der Waals surface area contributed by atoms with E-state index < -0.39 is 23.6 Å². The number of hydrazine groups is 1. The first-order valence-electron chi connectivity index (χ1n) is 8.79. The van der Waals surface area contributed by atoms with Crippen molar-refractivity contribution >= 4 is 17.7 Å². The molecule has 1 atom stereocenters. The van der Waals surface area contributed by atoms with Crippen molar-refractivity contribution in [1.29, 1.82) is 0 Å². The van der Waals surface area contributed by atoms with E-state index in [0.29, 0.717) is 26.3 Å². The summed E-state index contributed by atoms with van der Waals surface area (Å²) in [6.45, 7) is 3.80. The Bertz CT molecular complexity index is 701. The number of hydrogen-bond donors (Lipinski definition) is 2. The second-order valence-corrected chi connectivity index (χ2v) is 6.58. The van der Waals surface area contributed by atoms with Gasteiger partial charge in [0.2, 0.25) is 11.8 Å². The van der Waals surface area contributed by atoms with E-state index in [1.165, 1.54) is 0 Å². The van der Waals surface area contributed by atoms with Crippen LogP contribution in [0.1, 0.15) is 35.7 Å². The van der Waals surface area contributed by atoms with E-state index >= 15 is 0 Å². The van der Waals surface area contributed by atoms with Gasteiger partial charge in [0.1, 0.15) is 0 Å². The van der Waals surface area contributed by atoms with E-state index in [2.05, 4.69) is 10.9 Å². The van der Waals surface area contributed by atoms with Crippen LogP contribution in [0, 0.1) is 5.92 Å². The van der Waals surface area contributed by atoms with Crippen molar-refractivity contribution in [2.45, 2.75) is 25.9 Å². The third kappa shape index (κ3) is 6.52. The molecule has 0 bridgehead atoms. The number of halogens is 3. The molecule has 1 heterocycles. The Morgan fingerprint density at radius 1 is 1.07 bits per heavy atom. The van der Waals surface area contributed by atoms with Gasteiger partial charge in [-0.1, -0.05) is 6.92 Å². The number of alkyl halides is 3. The van der Waals surface area contributed by atoms with Gasteiger partial charge in [0.15, 0.2) is 0 Å². The highest BCUT2D eigenvalue weighted by Gasteiger charge is 2.30. The van der Waals surface area contributed by atoms with Crippen molar-refractivity contribution in [3.05, 3.63) is 35.4 Å². The highest BCUT2D eigenvalue weighted by atomic mass is 19.4. The lowest BCUT2D eigenvalue weighted by Crippen LogP contribution is -2.43. The minimum absolute atomic E-state index is 0.0172. The summed E-state index contributed by atoms with van der Waals surface area (Å²) in [5.41, 5.74) is 3.46. The maximum absolute atomic E-state index is 12.5. The zero-order valence-corrected chi connectivity index (χ0v) is 15.3. The minimum Gasteiger partial charge on any atom is -0.378 e. The summed E-state index contributed by atoms with van der Waals surface area (Å²) in [6, 6.07) is 3.62. The van der Waals surface area contributed by atoms with Crippen LogP contribution in [-0.2, 0) is 20.5 Å².